The van der Waals surface area contributed by atoms with E-state index in [2.05, 4.69) is 15.3 Å². The fourth-order valence-corrected chi connectivity index (χ4v) is 3.95. The number of aliphatic hydroxyl groups is 1. The van der Waals surface area contributed by atoms with Gasteiger partial charge in [0, 0.05) is 32.0 Å². The molecule has 3 heterocycles. The third-order valence-electron chi connectivity index (χ3n) is 5.34. The van der Waals surface area contributed by atoms with Crippen LogP contribution in [-0.4, -0.2) is 69.1 Å². The molecule has 2 amide bonds. The van der Waals surface area contributed by atoms with E-state index in [4.69, 9.17) is 9.90 Å². The number of carboxylic acid groups (broad SMARTS) is 1. The molecule has 2 aromatic rings. The van der Waals surface area contributed by atoms with E-state index in [1.165, 1.54) is 0 Å². The van der Waals surface area contributed by atoms with Gasteiger partial charge in [0.2, 0.25) is 5.91 Å². The van der Waals surface area contributed by atoms with E-state index in [-0.39, 0.29) is 24.8 Å². The molecule has 4 rings (SSSR count). The lowest BCUT2D eigenvalue weighted by Gasteiger charge is -2.46. The number of hydrogen-bond donors (Lipinski definition) is 3. The van der Waals surface area contributed by atoms with Crippen LogP contribution in [-0.2, 0) is 9.59 Å². The smallest absolute Gasteiger partial charge is 0.290 e. The Labute approximate surface area is 161 Å². The lowest BCUT2D eigenvalue weighted by molar-refractivity contribution is -0.147. The zero-order chi connectivity index (χ0) is 20.1. The molecule has 0 aliphatic carbocycles. The summed E-state index contributed by atoms with van der Waals surface area (Å²) in [5.74, 6) is -0.322. The molecule has 0 saturated carbocycles. The van der Waals surface area contributed by atoms with Gasteiger partial charge in [-0.2, -0.15) is 0 Å². The van der Waals surface area contributed by atoms with Crippen LogP contribution in [0.25, 0.3) is 11.0 Å². The molecule has 1 aromatic heterocycles. The summed E-state index contributed by atoms with van der Waals surface area (Å²) < 4.78 is 0. The van der Waals surface area contributed by atoms with Crippen LogP contribution in [0.3, 0.4) is 0 Å². The molecule has 2 aliphatic rings. The van der Waals surface area contributed by atoms with Gasteiger partial charge < -0.3 is 20.4 Å². The number of fused-ring (bicyclic) bond motifs is 1. The SMILES string of the molecule is O=C(c1cccc2nccnc12)N1CC[C@@H](O)[C@@]2(CCCNC2=O)C1.O=CO. The molecule has 28 heavy (non-hydrogen) atoms. The second-order valence-corrected chi connectivity index (χ2v) is 6.88. The zero-order valence-corrected chi connectivity index (χ0v) is 15.2. The van der Waals surface area contributed by atoms with Crippen LogP contribution in [0, 0.1) is 5.41 Å². The topological polar surface area (TPSA) is 133 Å². The molecule has 0 bridgehead atoms. The molecule has 0 radical (unpaired) electrons. The first kappa shape index (κ1) is 19.7. The van der Waals surface area contributed by atoms with Crippen molar-refractivity contribution in [3.63, 3.8) is 0 Å². The second-order valence-electron chi connectivity index (χ2n) is 6.88. The van der Waals surface area contributed by atoms with Crippen molar-refractivity contribution in [3.8, 4) is 0 Å². The third kappa shape index (κ3) is 3.53. The predicted octanol–water partition coefficient (Wildman–Crippen LogP) is 0.434. The number of aromatic nitrogens is 2. The average Bonchev–Trinajstić information content (AvgIpc) is 2.72. The highest BCUT2D eigenvalue weighted by Crippen LogP contribution is 2.37. The van der Waals surface area contributed by atoms with Crippen molar-refractivity contribution in [1.29, 1.82) is 0 Å². The number of amides is 2. The number of para-hydroxylation sites is 1. The summed E-state index contributed by atoms with van der Waals surface area (Å²) in [5.41, 5.74) is 0.801. The summed E-state index contributed by atoms with van der Waals surface area (Å²) in [6.07, 6.45) is 4.24. The van der Waals surface area contributed by atoms with Gasteiger partial charge in [-0.3, -0.25) is 24.4 Å². The normalized spacial score (nSPS) is 24.2. The number of hydrogen-bond acceptors (Lipinski definition) is 6. The molecule has 1 aromatic carbocycles. The molecule has 2 saturated heterocycles. The molecule has 2 fully saturated rings. The minimum absolute atomic E-state index is 0.151. The van der Waals surface area contributed by atoms with Gasteiger partial charge in [0.25, 0.3) is 12.4 Å². The largest absolute Gasteiger partial charge is 0.483 e. The Kier molecular flexibility index (Phi) is 5.84. The first-order valence-corrected chi connectivity index (χ1v) is 9.06. The molecule has 3 N–H and O–H groups in total. The lowest BCUT2D eigenvalue weighted by Crippen LogP contribution is -2.62. The van der Waals surface area contributed by atoms with Crippen LogP contribution in [0.1, 0.15) is 29.6 Å². The first-order valence-electron chi connectivity index (χ1n) is 9.06. The maximum Gasteiger partial charge on any atom is 0.290 e. The van der Waals surface area contributed by atoms with E-state index >= 15 is 0 Å². The molecule has 2 aliphatic heterocycles. The number of carbonyl (C=O) groups excluding carboxylic acids is 2. The van der Waals surface area contributed by atoms with Crippen molar-refractivity contribution in [2.75, 3.05) is 19.6 Å². The Morgan fingerprint density at radius 2 is 2.07 bits per heavy atom. The monoisotopic (exact) mass is 386 g/mol. The molecule has 1 spiro atoms. The molecular weight excluding hydrogens is 364 g/mol. The number of rotatable bonds is 1. The van der Waals surface area contributed by atoms with Gasteiger partial charge in [0.05, 0.1) is 22.6 Å². The zero-order valence-electron chi connectivity index (χ0n) is 15.2. The van der Waals surface area contributed by atoms with Crippen molar-refractivity contribution < 1.29 is 24.6 Å². The Bertz CT molecular complexity index is 884. The number of aliphatic hydroxyl groups excluding tert-OH is 1. The van der Waals surface area contributed by atoms with E-state index in [1.54, 1.807) is 29.4 Å². The summed E-state index contributed by atoms with van der Waals surface area (Å²) in [7, 11) is 0. The number of likely N-dealkylation sites (tertiary alicyclic amines) is 1. The van der Waals surface area contributed by atoms with Crippen molar-refractivity contribution in [2.24, 2.45) is 5.41 Å². The van der Waals surface area contributed by atoms with Gasteiger partial charge in [-0.25, -0.2) is 0 Å². The number of piperidine rings is 2. The van der Waals surface area contributed by atoms with Crippen LogP contribution >= 0.6 is 0 Å². The fraction of sp³-hybridized carbons (Fsp3) is 0.421. The minimum Gasteiger partial charge on any atom is -0.483 e. The second kappa shape index (κ2) is 8.30. The highest BCUT2D eigenvalue weighted by Gasteiger charge is 2.50. The standard InChI is InChI=1S/C18H20N4O3.CH2O2/c23-14-5-10-22(11-18(14)6-2-7-21-17(18)25)16(24)12-3-1-4-13-15(12)20-9-8-19-13;2-1-3/h1,3-4,8-9,14,23H,2,5-7,10-11H2,(H,21,25);1H,(H,2,3)/t14-,18-;/m1./s1. The van der Waals surface area contributed by atoms with Gasteiger partial charge in [0.15, 0.2) is 0 Å². The number of nitrogens with zero attached hydrogens (tertiary/aromatic N) is 3. The van der Waals surface area contributed by atoms with Crippen molar-refractivity contribution in [3.05, 3.63) is 36.2 Å². The average molecular weight is 386 g/mol. The highest BCUT2D eigenvalue weighted by atomic mass is 16.3. The Balaban J connectivity index is 0.000000706. The molecular formula is C19H22N4O5. The fourth-order valence-electron chi connectivity index (χ4n) is 3.95. The minimum atomic E-state index is -0.900. The van der Waals surface area contributed by atoms with Crippen LogP contribution in [0.15, 0.2) is 30.6 Å². The maximum absolute atomic E-state index is 13.1. The summed E-state index contributed by atoms with van der Waals surface area (Å²) in [6, 6.07) is 5.33. The Morgan fingerprint density at radius 3 is 2.82 bits per heavy atom. The van der Waals surface area contributed by atoms with Gasteiger partial charge in [-0.1, -0.05) is 6.07 Å². The maximum atomic E-state index is 13.1. The van der Waals surface area contributed by atoms with E-state index in [0.29, 0.717) is 42.5 Å². The summed E-state index contributed by atoms with van der Waals surface area (Å²) in [6.45, 7) is 1.03. The van der Waals surface area contributed by atoms with Crippen LogP contribution in [0.2, 0.25) is 0 Å². The Morgan fingerprint density at radius 1 is 1.32 bits per heavy atom. The van der Waals surface area contributed by atoms with Crippen molar-refractivity contribution in [1.82, 2.24) is 20.2 Å². The van der Waals surface area contributed by atoms with E-state index < -0.39 is 11.5 Å². The quantitative estimate of drug-likeness (QED) is 0.606. The van der Waals surface area contributed by atoms with Gasteiger partial charge in [0.1, 0.15) is 5.52 Å². The van der Waals surface area contributed by atoms with E-state index in [9.17, 15) is 14.7 Å². The lowest BCUT2D eigenvalue weighted by atomic mass is 9.71. The Hall–Kier alpha value is -3.07. The summed E-state index contributed by atoms with van der Waals surface area (Å²) >= 11 is 0. The predicted molar refractivity (Wildman–Crippen MR) is 99.4 cm³/mol. The number of nitrogens with one attached hydrogen (secondary N) is 1. The summed E-state index contributed by atoms with van der Waals surface area (Å²) in [4.78, 5) is 44.1. The number of benzene rings is 1. The summed E-state index contributed by atoms with van der Waals surface area (Å²) in [5, 5.41) is 20.2. The van der Waals surface area contributed by atoms with Gasteiger partial charge in [-0.15, -0.1) is 0 Å². The van der Waals surface area contributed by atoms with Gasteiger partial charge in [-0.05, 0) is 31.4 Å². The first-order chi connectivity index (χ1) is 13.5. The van der Waals surface area contributed by atoms with Crippen LogP contribution in [0.4, 0.5) is 0 Å². The third-order valence-corrected chi connectivity index (χ3v) is 5.34. The molecule has 148 valence electrons. The van der Waals surface area contributed by atoms with E-state index in [0.717, 1.165) is 6.42 Å². The molecule has 0 unspecified atom stereocenters. The van der Waals surface area contributed by atoms with Crippen LogP contribution < -0.4 is 5.32 Å². The van der Waals surface area contributed by atoms with Crippen molar-refractivity contribution >= 4 is 29.3 Å². The van der Waals surface area contributed by atoms with Crippen LogP contribution in [0.5, 0.6) is 0 Å². The molecule has 2 atom stereocenters. The highest BCUT2D eigenvalue weighted by molar-refractivity contribution is 6.05. The van der Waals surface area contributed by atoms with Gasteiger partial charge >= 0.3 is 0 Å². The van der Waals surface area contributed by atoms with E-state index in [1.807, 2.05) is 6.07 Å². The molecule has 9 heteroatoms. The molecule has 9 nitrogen and oxygen atoms in total. The number of carbonyl (C=O) groups is 3. The van der Waals surface area contributed by atoms with Crippen molar-refractivity contribution in [2.45, 2.75) is 25.4 Å².